The third kappa shape index (κ3) is 2.89. The van der Waals surface area contributed by atoms with Gasteiger partial charge < -0.3 is 5.32 Å². The second-order valence-electron chi connectivity index (χ2n) is 4.29. The van der Waals surface area contributed by atoms with E-state index in [9.17, 15) is 22.0 Å². The van der Waals surface area contributed by atoms with Crippen molar-refractivity contribution in [2.24, 2.45) is 0 Å². The first-order valence-corrected chi connectivity index (χ1v) is 5.74. The van der Waals surface area contributed by atoms with Crippen LogP contribution in [0.5, 0.6) is 0 Å². The summed E-state index contributed by atoms with van der Waals surface area (Å²) in [5.41, 5.74) is 0.382. The van der Waals surface area contributed by atoms with Gasteiger partial charge in [-0.05, 0) is 24.6 Å². The molecular weight excluding hydrogens is 277 g/mol. The molecule has 1 atom stereocenters. The Labute approximate surface area is 112 Å². The Balaban J connectivity index is 2.23. The average molecular weight is 287 g/mol. The zero-order valence-corrected chi connectivity index (χ0v) is 10.4. The first-order valence-electron chi connectivity index (χ1n) is 5.74. The molecule has 2 aromatic carbocycles. The molecule has 0 aromatic heterocycles. The zero-order chi connectivity index (χ0) is 14.9. The summed E-state index contributed by atoms with van der Waals surface area (Å²) >= 11 is 0. The third-order valence-electron chi connectivity index (χ3n) is 2.81. The zero-order valence-electron chi connectivity index (χ0n) is 10.4. The van der Waals surface area contributed by atoms with E-state index in [1.165, 1.54) is 6.07 Å². The van der Waals surface area contributed by atoms with Gasteiger partial charge in [-0.2, -0.15) is 0 Å². The summed E-state index contributed by atoms with van der Waals surface area (Å²) in [6, 6.07) is 4.29. The summed E-state index contributed by atoms with van der Waals surface area (Å²) in [6.07, 6.45) is 0. The number of hydrogen-bond donors (Lipinski definition) is 1. The molecule has 0 aliphatic rings. The third-order valence-corrected chi connectivity index (χ3v) is 2.81. The fourth-order valence-corrected chi connectivity index (χ4v) is 1.75. The Bertz CT molecular complexity index is 618. The lowest BCUT2D eigenvalue weighted by molar-refractivity contribution is 0.447. The molecule has 0 bridgehead atoms. The van der Waals surface area contributed by atoms with Gasteiger partial charge in [-0.3, -0.25) is 0 Å². The van der Waals surface area contributed by atoms with Crippen LogP contribution >= 0.6 is 0 Å². The van der Waals surface area contributed by atoms with E-state index in [-0.39, 0.29) is 5.69 Å². The molecule has 0 aliphatic heterocycles. The van der Waals surface area contributed by atoms with E-state index in [1.807, 2.05) is 0 Å². The summed E-state index contributed by atoms with van der Waals surface area (Å²) in [4.78, 5) is 0. The summed E-state index contributed by atoms with van der Waals surface area (Å²) in [5.74, 6) is -6.22. The van der Waals surface area contributed by atoms with Crippen molar-refractivity contribution in [3.63, 3.8) is 0 Å². The molecule has 20 heavy (non-hydrogen) atoms. The minimum Gasteiger partial charge on any atom is -0.378 e. The fourth-order valence-electron chi connectivity index (χ4n) is 1.75. The van der Waals surface area contributed by atoms with Gasteiger partial charge in [-0.15, -0.1) is 0 Å². The van der Waals surface area contributed by atoms with E-state index in [4.69, 9.17) is 0 Å². The highest BCUT2D eigenvalue weighted by Crippen LogP contribution is 2.23. The van der Waals surface area contributed by atoms with Crippen molar-refractivity contribution < 1.29 is 22.0 Å². The van der Waals surface area contributed by atoms with Crippen molar-refractivity contribution in [3.8, 4) is 0 Å². The molecule has 0 fully saturated rings. The first-order chi connectivity index (χ1) is 9.38. The fraction of sp³-hybridized carbons (Fsp3) is 0.143. The van der Waals surface area contributed by atoms with Crippen LogP contribution in [-0.2, 0) is 0 Å². The molecule has 0 amide bonds. The summed E-state index contributed by atoms with van der Waals surface area (Å²) in [5, 5.41) is 2.68. The highest BCUT2D eigenvalue weighted by Gasteiger charge is 2.13. The van der Waals surface area contributed by atoms with Crippen molar-refractivity contribution in [3.05, 3.63) is 65.0 Å². The smallest absolute Gasteiger partial charge is 0.194 e. The summed E-state index contributed by atoms with van der Waals surface area (Å²) in [7, 11) is 0. The number of anilines is 1. The Morgan fingerprint density at radius 2 is 1.40 bits per heavy atom. The second-order valence-corrected chi connectivity index (χ2v) is 4.29. The molecule has 0 saturated heterocycles. The van der Waals surface area contributed by atoms with Gasteiger partial charge in [0.25, 0.3) is 0 Å². The van der Waals surface area contributed by atoms with Crippen LogP contribution in [0.1, 0.15) is 18.5 Å². The minimum atomic E-state index is -1.56. The molecule has 1 unspecified atom stereocenters. The van der Waals surface area contributed by atoms with Gasteiger partial charge in [0.2, 0.25) is 0 Å². The number of hydrogen-bond acceptors (Lipinski definition) is 1. The van der Waals surface area contributed by atoms with Crippen molar-refractivity contribution in [1.29, 1.82) is 0 Å². The maximum Gasteiger partial charge on any atom is 0.194 e. The normalized spacial score (nSPS) is 12.3. The first kappa shape index (κ1) is 14.3. The van der Waals surface area contributed by atoms with Crippen LogP contribution in [0.25, 0.3) is 0 Å². The average Bonchev–Trinajstić information content (AvgIpc) is 2.39. The van der Waals surface area contributed by atoms with Gasteiger partial charge >= 0.3 is 0 Å². The second kappa shape index (κ2) is 5.48. The van der Waals surface area contributed by atoms with E-state index < -0.39 is 35.1 Å². The molecule has 2 aromatic rings. The molecular formula is C14H10F5N. The maximum absolute atomic E-state index is 13.1. The van der Waals surface area contributed by atoms with E-state index in [1.54, 1.807) is 6.92 Å². The van der Waals surface area contributed by atoms with Crippen molar-refractivity contribution >= 4 is 5.69 Å². The van der Waals surface area contributed by atoms with Crippen LogP contribution in [0.2, 0.25) is 0 Å². The van der Waals surface area contributed by atoms with Gasteiger partial charge in [0.1, 0.15) is 0 Å². The summed E-state index contributed by atoms with van der Waals surface area (Å²) < 4.78 is 64.8. The van der Waals surface area contributed by atoms with Crippen LogP contribution in [0.15, 0.2) is 30.3 Å². The lowest BCUT2D eigenvalue weighted by atomic mass is 10.1. The standard InChI is InChI=1S/C14H10F5N/c1-7(8-2-3-10(15)11(16)4-8)20-9-5-12(17)14(19)13(18)6-9/h2-7,20H,1H3. The summed E-state index contributed by atoms with van der Waals surface area (Å²) in [6.45, 7) is 1.59. The van der Waals surface area contributed by atoms with Crippen LogP contribution in [0.3, 0.4) is 0 Å². The van der Waals surface area contributed by atoms with Gasteiger partial charge in [0.05, 0.1) is 0 Å². The minimum absolute atomic E-state index is 0.00127. The molecule has 0 aliphatic carbocycles. The highest BCUT2D eigenvalue weighted by atomic mass is 19.2. The monoisotopic (exact) mass is 287 g/mol. The van der Waals surface area contributed by atoms with Crippen LogP contribution in [0, 0.1) is 29.1 Å². The van der Waals surface area contributed by atoms with Gasteiger partial charge in [-0.1, -0.05) is 6.07 Å². The molecule has 0 heterocycles. The van der Waals surface area contributed by atoms with Crippen molar-refractivity contribution in [2.45, 2.75) is 13.0 Å². The Kier molecular flexibility index (Phi) is 3.92. The number of benzene rings is 2. The Morgan fingerprint density at radius 3 is 1.95 bits per heavy atom. The lowest BCUT2D eigenvalue weighted by Gasteiger charge is -2.16. The van der Waals surface area contributed by atoms with Gasteiger partial charge in [-0.25, -0.2) is 22.0 Å². The SMILES string of the molecule is CC(Nc1cc(F)c(F)c(F)c1)c1ccc(F)c(F)c1. The molecule has 0 saturated carbocycles. The molecule has 0 radical (unpaired) electrons. The van der Waals surface area contributed by atoms with E-state index in [0.29, 0.717) is 5.56 Å². The molecule has 6 heteroatoms. The predicted octanol–water partition coefficient (Wildman–Crippen LogP) is 4.56. The maximum atomic E-state index is 13.1. The number of nitrogens with one attached hydrogen (secondary N) is 1. The number of halogens is 5. The molecule has 0 spiro atoms. The van der Waals surface area contributed by atoms with Crippen LogP contribution < -0.4 is 5.32 Å². The molecule has 1 nitrogen and oxygen atoms in total. The van der Waals surface area contributed by atoms with Gasteiger partial charge in [0.15, 0.2) is 29.1 Å². The Hall–Kier alpha value is -2.11. The molecule has 2 rings (SSSR count). The predicted molar refractivity (Wildman–Crippen MR) is 64.7 cm³/mol. The lowest BCUT2D eigenvalue weighted by Crippen LogP contribution is -2.08. The van der Waals surface area contributed by atoms with Gasteiger partial charge in [0, 0.05) is 23.9 Å². The topological polar surface area (TPSA) is 12.0 Å². The quantitative estimate of drug-likeness (QED) is 0.645. The van der Waals surface area contributed by atoms with Crippen LogP contribution in [0.4, 0.5) is 27.6 Å². The van der Waals surface area contributed by atoms with Crippen LogP contribution in [-0.4, -0.2) is 0 Å². The van der Waals surface area contributed by atoms with E-state index in [0.717, 1.165) is 24.3 Å². The molecule has 1 N–H and O–H groups in total. The van der Waals surface area contributed by atoms with Crippen molar-refractivity contribution in [2.75, 3.05) is 5.32 Å². The van der Waals surface area contributed by atoms with Crippen molar-refractivity contribution in [1.82, 2.24) is 0 Å². The van der Waals surface area contributed by atoms with E-state index >= 15 is 0 Å². The molecule has 106 valence electrons. The largest absolute Gasteiger partial charge is 0.378 e. The van der Waals surface area contributed by atoms with E-state index in [2.05, 4.69) is 5.32 Å². The Morgan fingerprint density at radius 1 is 0.800 bits per heavy atom. The number of rotatable bonds is 3. The highest BCUT2D eigenvalue weighted by molar-refractivity contribution is 5.46.